The molecule has 1 aromatic rings. The second-order valence-corrected chi connectivity index (χ2v) is 4.41. The highest BCUT2D eigenvalue weighted by Gasteiger charge is 2.24. The Morgan fingerprint density at radius 2 is 1.78 bits per heavy atom. The number of hydrogen-bond donors (Lipinski definition) is 0. The van der Waals surface area contributed by atoms with Gasteiger partial charge in [-0.2, -0.15) is 0 Å². The predicted octanol–water partition coefficient (Wildman–Crippen LogP) is 2.08. The van der Waals surface area contributed by atoms with Crippen LogP contribution in [0.3, 0.4) is 0 Å². The van der Waals surface area contributed by atoms with Crippen LogP contribution in [-0.4, -0.2) is 29.7 Å². The summed E-state index contributed by atoms with van der Waals surface area (Å²) in [7, 11) is 0. The van der Waals surface area contributed by atoms with Crippen LogP contribution >= 0.6 is 0 Å². The normalized spacial score (nSPS) is 15.9. The molecule has 0 saturated carbocycles. The molecule has 5 heteroatoms. The van der Waals surface area contributed by atoms with Crippen LogP contribution in [0.5, 0.6) is 0 Å². The second-order valence-electron chi connectivity index (χ2n) is 4.41. The van der Waals surface area contributed by atoms with Crippen LogP contribution in [0.4, 0.5) is 8.78 Å². The number of benzene rings is 1. The van der Waals surface area contributed by atoms with Gasteiger partial charge >= 0.3 is 0 Å². The molecule has 1 heterocycles. The fraction of sp³-hybridized carbons (Fsp3) is 0.385. The molecule has 3 nitrogen and oxygen atoms in total. The lowest BCUT2D eigenvalue weighted by Crippen LogP contribution is -2.39. The van der Waals surface area contributed by atoms with Crippen molar-refractivity contribution in [3.05, 3.63) is 34.9 Å². The van der Waals surface area contributed by atoms with Crippen molar-refractivity contribution in [1.29, 1.82) is 0 Å². The molecule has 2 rings (SSSR count). The van der Waals surface area contributed by atoms with Gasteiger partial charge in [0.2, 0.25) is 0 Å². The van der Waals surface area contributed by atoms with Gasteiger partial charge in [-0.15, -0.1) is 0 Å². The van der Waals surface area contributed by atoms with Gasteiger partial charge in [-0.05, 0) is 18.6 Å². The number of aryl methyl sites for hydroxylation is 1. The first-order valence-corrected chi connectivity index (χ1v) is 5.75. The number of nitrogens with zero attached hydrogens (tertiary/aromatic N) is 1. The summed E-state index contributed by atoms with van der Waals surface area (Å²) >= 11 is 0. The van der Waals surface area contributed by atoms with E-state index in [1.807, 2.05) is 0 Å². The van der Waals surface area contributed by atoms with E-state index < -0.39 is 17.5 Å². The number of hydrogen-bond acceptors (Lipinski definition) is 2. The Labute approximate surface area is 103 Å². The van der Waals surface area contributed by atoms with Gasteiger partial charge in [0.05, 0.1) is 5.56 Å². The number of Topliss-reactive ketones (excluding diaryl/α,β-unsaturated/α-hetero) is 1. The molecule has 1 amide bonds. The van der Waals surface area contributed by atoms with Crippen molar-refractivity contribution in [2.75, 3.05) is 13.1 Å². The minimum Gasteiger partial charge on any atom is -0.338 e. The molecule has 0 bridgehead atoms. The molecule has 1 fully saturated rings. The number of piperidine rings is 1. The quantitative estimate of drug-likeness (QED) is 0.768. The summed E-state index contributed by atoms with van der Waals surface area (Å²) in [5, 5.41) is 0. The molecule has 0 atom stereocenters. The number of rotatable bonds is 1. The van der Waals surface area contributed by atoms with E-state index in [0.29, 0.717) is 25.9 Å². The number of amides is 1. The third-order valence-corrected chi connectivity index (χ3v) is 3.09. The predicted molar refractivity (Wildman–Crippen MR) is 61.2 cm³/mol. The lowest BCUT2D eigenvalue weighted by molar-refractivity contribution is -0.120. The first kappa shape index (κ1) is 12.7. The van der Waals surface area contributed by atoms with E-state index in [1.54, 1.807) is 0 Å². The standard InChI is InChI=1S/C13H13F2NO2/c1-8-6-10(12(15)7-11(8)14)13(18)16-4-2-9(17)3-5-16/h6-7H,2-5H2,1H3. The fourth-order valence-electron chi connectivity index (χ4n) is 1.95. The summed E-state index contributed by atoms with van der Waals surface area (Å²) < 4.78 is 26.7. The first-order valence-electron chi connectivity index (χ1n) is 5.75. The summed E-state index contributed by atoms with van der Waals surface area (Å²) in [4.78, 5) is 24.5. The molecule has 0 N–H and O–H groups in total. The Hall–Kier alpha value is -1.78. The van der Waals surface area contributed by atoms with Crippen LogP contribution in [0.2, 0.25) is 0 Å². The van der Waals surface area contributed by atoms with Gasteiger partial charge in [-0.25, -0.2) is 8.78 Å². The number of likely N-dealkylation sites (tertiary alicyclic amines) is 1. The molecule has 0 spiro atoms. The van der Waals surface area contributed by atoms with E-state index >= 15 is 0 Å². The molecule has 1 aliphatic rings. The van der Waals surface area contributed by atoms with Gasteiger partial charge in [0.15, 0.2) is 0 Å². The molecule has 0 aliphatic carbocycles. The molecule has 1 aromatic carbocycles. The highest BCUT2D eigenvalue weighted by molar-refractivity contribution is 5.95. The van der Waals surface area contributed by atoms with Crippen LogP contribution in [0.15, 0.2) is 12.1 Å². The SMILES string of the molecule is Cc1cc(C(=O)N2CCC(=O)CC2)c(F)cc1F. The Bertz CT molecular complexity index is 504. The van der Waals surface area contributed by atoms with Crippen molar-refractivity contribution in [3.63, 3.8) is 0 Å². The van der Waals surface area contributed by atoms with Crippen LogP contribution < -0.4 is 0 Å². The molecule has 1 saturated heterocycles. The highest BCUT2D eigenvalue weighted by Crippen LogP contribution is 2.18. The molecule has 0 aromatic heterocycles. The summed E-state index contributed by atoms with van der Waals surface area (Å²) in [6.07, 6.45) is 0.598. The van der Waals surface area contributed by atoms with Crippen LogP contribution in [0, 0.1) is 18.6 Å². The van der Waals surface area contributed by atoms with Crippen LogP contribution in [-0.2, 0) is 4.79 Å². The van der Waals surface area contributed by atoms with Gasteiger partial charge in [0.25, 0.3) is 5.91 Å². The van der Waals surface area contributed by atoms with E-state index in [0.717, 1.165) is 6.07 Å². The van der Waals surface area contributed by atoms with E-state index in [9.17, 15) is 18.4 Å². The van der Waals surface area contributed by atoms with Gasteiger partial charge in [0.1, 0.15) is 17.4 Å². The van der Waals surface area contributed by atoms with Gasteiger partial charge in [-0.3, -0.25) is 9.59 Å². The average Bonchev–Trinajstić information content (AvgIpc) is 2.34. The summed E-state index contributed by atoms with van der Waals surface area (Å²) in [6.45, 7) is 2.08. The van der Waals surface area contributed by atoms with Crippen molar-refractivity contribution >= 4 is 11.7 Å². The Morgan fingerprint density at radius 1 is 1.17 bits per heavy atom. The lowest BCUT2D eigenvalue weighted by Gasteiger charge is -2.26. The zero-order valence-corrected chi connectivity index (χ0v) is 10.0. The molecule has 0 radical (unpaired) electrons. The number of ketones is 1. The minimum absolute atomic E-state index is 0.106. The first-order chi connectivity index (χ1) is 8.49. The topological polar surface area (TPSA) is 37.4 Å². The van der Waals surface area contributed by atoms with Gasteiger partial charge < -0.3 is 4.90 Å². The monoisotopic (exact) mass is 253 g/mol. The number of carbonyl (C=O) groups excluding carboxylic acids is 2. The van der Waals surface area contributed by atoms with E-state index in [4.69, 9.17) is 0 Å². The van der Waals surface area contributed by atoms with E-state index in [1.165, 1.54) is 17.9 Å². The summed E-state index contributed by atoms with van der Waals surface area (Å²) in [6, 6.07) is 1.93. The maximum Gasteiger partial charge on any atom is 0.256 e. The number of halogens is 2. The molecule has 1 aliphatic heterocycles. The average molecular weight is 253 g/mol. The van der Waals surface area contributed by atoms with Crippen LogP contribution in [0.25, 0.3) is 0 Å². The lowest BCUT2D eigenvalue weighted by atomic mass is 10.1. The third-order valence-electron chi connectivity index (χ3n) is 3.09. The molecule has 18 heavy (non-hydrogen) atoms. The molecule has 96 valence electrons. The molecule has 0 unspecified atom stereocenters. The van der Waals surface area contributed by atoms with Gasteiger partial charge in [-0.1, -0.05) is 0 Å². The van der Waals surface area contributed by atoms with Crippen LogP contribution in [0.1, 0.15) is 28.8 Å². The van der Waals surface area contributed by atoms with E-state index in [-0.39, 0.29) is 16.9 Å². The fourth-order valence-corrected chi connectivity index (χ4v) is 1.95. The Kier molecular flexibility index (Phi) is 3.41. The molecular formula is C13H13F2NO2. The van der Waals surface area contributed by atoms with Crippen molar-refractivity contribution in [3.8, 4) is 0 Å². The van der Waals surface area contributed by atoms with Gasteiger partial charge in [0, 0.05) is 32.0 Å². The Morgan fingerprint density at radius 3 is 2.39 bits per heavy atom. The zero-order chi connectivity index (χ0) is 13.3. The highest BCUT2D eigenvalue weighted by atomic mass is 19.1. The molecular weight excluding hydrogens is 240 g/mol. The van der Waals surface area contributed by atoms with Crippen molar-refractivity contribution < 1.29 is 18.4 Å². The maximum atomic E-state index is 13.6. The minimum atomic E-state index is -0.861. The summed E-state index contributed by atoms with van der Waals surface area (Å²) in [5.41, 5.74) is 0.0936. The third kappa shape index (κ3) is 2.39. The maximum absolute atomic E-state index is 13.6. The Balaban J connectivity index is 2.23. The van der Waals surface area contributed by atoms with E-state index in [2.05, 4.69) is 0 Å². The second kappa shape index (κ2) is 4.84. The summed E-state index contributed by atoms with van der Waals surface area (Å²) in [5.74, 6) is -1.91. The van der Waals surface area contributed by atoms with Crippen molar-refractivity contribution in [2.24, 2.45) is 0 Å². The smallest absolute Gasteiger partial charge is 0.256 e. The zero-order valence-electron chi connectivity index (χ0n) is 10.0. The van der Waals surface area contributed by atoms with Crippen molar-refractivity contribution in [2.45, 2.75) is 19.8 Å². The largest absolute Gasteiger partial charge is 0.338 e. The van der Waals surface area contributed by atoms with Crippen molar-refractivity contribution in [1.82, 2.24) is 4.90 Å². The number of carbonyl (C=O) groups is 2.